The van der Waals surface area contributed by atoms with Crippen LogP contribution in [0.5, 0.6) is 0 Å². The summed E-state index contributed by atoms with van der Waals surface area (Å²) in [6.07, 6.45) is 2.39. The Balaban J connectivity index is 0.00000289. The molecule has 0 spiro atoms. The molecule has 104 valence electrons. The van der Waals surface area contributed by atoms with Gasteiger partial charge in [-0.1, -0.05) is 26.3 Å². The van der Waals surface area contributed by atoms with Gasteiger partial charge in [0.1, 0.15) is 0 Å². The van der Waals surface area contributed by atoms with Crippen molar-refractivity contribution in [1.82, 2.24) is 10.6 Å². The molecule has 3 nitrogen and oxygen atoms in total. The molecule has 1 heterocycles. The van der Waals surface area contributed by atoms with Gasteiger partial charge in [-0.05, 0) is 17.9 Å². The SMILES string of the molecule is CCCCNC(=NC)NCC(C)c1cccs1.I. The molecule has 0 bridgehead atoms. The molecule has 0 fully saturated rings. The summed E-state index contributed by atoms with van der Waals surface area (Å²) in [6, 6.07) is 4.29. The Bertz CT molecular complexity index is 325. The van der Waals surface area contributed by atoms with Gasteiger partial charge in [-0.25, -0.2) is 0 Å². The van der Waals surface area contributed by atoms with Gasteiger partial charge >= 0.3 is 0 Å². The second-order valence-electron chi connectivity index (χ2n) is 4.15. The molecular weight excluding hydrogens is 357 g/mol. The van der Waals surface area contributed by atoms with Crippen LogP contribution in [0, 0.1) is 0 Å². The van der Waals surface area contributed by atoms with E-state index in [2.05, 4.69) is 47.0 Å². The van der Waals surface area contributed by atoms with Gasteiger partial charge in [-0.3, -0.25) is 4.99 Å². The molecular formula is C13H24IN3S. The summed E-state index contributed by atoms with van der Waals surface area (Å²) in [5.41, 5.74) is 0. The number of hydrogen-bond donors (Lipinski definition) is 2. The second-order valence-corrected chi connectivity index (χ2v) is 5.13. The Morgan fingerprint density at radius 1 is 1.44 bits per heavy atom. The first-order chi connectivity index (χ1) is 8.27. The van der Waals surface area contributed by atoms with Gasteiger partial charge in [0.05, 0.1) is 0 Å². The van der Waals surface area contributed by atoms with Gasteiger partial charge in [0.2, 0.25) is 0 Å². The standard InChI is InChI=1S/C13H23N3S.HI/c1-4-5-8-15-13(14-3)16-10-11(2)12-7-6-9-17-12;/h6-7,9,11H,4-5,8,10H2,1-3H3,(H2,14,15,16);1H. The Hall–Kier alpha value is -0.300. The zero-order valence-electron chi connectivity index (χ0n) is 11.4. The molecule has 1 rings (SSSR count). The predicted molar refractivity (Wildman–Crippen MR) is 92.4 cm³/mol. The molecule has 18 heavy (non-hydrogen) atoms. The highest BCUT2D eigenvalue weighted by atomic mass is 127. The summed E-state index contributed by atoms with van der Waals surface area (Å²) in [6.45, 7) is 6.34. The van der Waals surface area contributed by atoms with Gasteiger partial charge in [0.25, 0.3) is 0 Å². The van der Waals surface area contributed by atoms with E-state index >= 15 is 0 Å². The fourth-order valence-electron chi connectivity index (χ4n) is 1.53. The van der Waals surface area contributed by atoms with E-state index in [0.29, 0.717) is 5.92 Å². The van der Waals surface area contributed by atoms with Gasteiger partial charge in [0.15, 0.2) is 5.96 Å². The molecule has 0 aromatic carbocycles. The molecule has 0 amide bonds. The molecule has 1 aromatic rings. The van der Waals surface area contributed by atoms with Crippen LogP contribution in [0.15, 0.2) is 22.5 Å². The third kappa shape index (κ3) is 6.58. The Morgan fingerprint density at radius 2 is 2.22 bits per heavy atom. The second kappa shape index (κ2) is 10.6. The van der Waals surface area contributed by atoms with Crippen molar-refractivity contribution in [1.29, 1.82) is 0 Å². The van der Waals surface area contributed by atoms with Crippen molar-refractivity contribution in [2.75, 3.05) is 20.1 Å². The molecule has 0 aliphatic heterocycles. The molecule has 0 radical (unpaired) electrons. The van der Waals surface area contributed by atoms with Crippen LogP contribution >= 0.6 is 35.3 Å². The smallest absolute Gasteiger partial charge is 0.190 e. The summed E-state index contributed by atoms with van der Waals surface area (Å²) in [4.78, 5) is 5.63. The number of unbranched alkanes of at least 4 members (excludes halogenated alkanes) is 1. The van der Waals surface area contributed by atoms with E-state index in [0.717, 1.165) is 19.0 Å². The first-order valence-electron chi connectivity index (χ1n) is 6.25. The predicted octanol–water partition coefficient (Wildman–Crippen LogP) is 3.43. The maximum absolute atomic E-state index is 4.21. The molecule has 5 heteroatoms. The minimum Gasteiger partial charge on any atom is -0.356 e. The van der Waals surface area contributed by atoms with Crippen LogP contribution in [0.3, 0.4) is 0 Å². The Morgan fingerprint density at radius 3 is 2.78 bits per heavy atom. The van der Waals surface area contributed by atoms with Crippen LogP contribution in [0.25, 0.3) is 0 Å². The number of guanidine groups is 1. The summed E-state index contributed by atoms with van der Waals surface area (Å²) < 4.78 is 0. The van der Waals surface area contributed by atoms with Crippen LogP contribution in [-0.2, 0) is 0 Å². The largest absolute Gasteiger partial charge is 0.356 e. The number of rotatable bonds is 6. The lowest BCUT2D eigenvalue weighted by atomic mass is 10.1. The molecule has 1 atom stereocenters. The topological polar surface area (TPSA) is 36.4 Å². The zero-order chi connectivity index (χ0) is 12.5. The minimum absolute atomic E-state index is 0. The number of nitrogens with zero attached hydrogens (tertiary/aromatic N) is 1. The lowest BCUT2D eigenvalue weighted by molar-refractivity contribution is 0.691. The van der Waals surface area contributed by atoms with E-state index in [1.807, 2.05) is 18.4 Å². The molecule has 2 N–H and O–H groups in total. The monoisotopic (exact) mass is 381 g/mol. The highest BCUT2D eigenvalue weighted by Gasteiger charge is 2.06. The summed E-state index contributed by atoms with van der Waals surface area (Å²) in [5, 5.41) is 8.80. The van der Waals surface area contributed by atoms with Gasteiger partial charge in [-0.15, -0.1) is 35.3 Å². The number of halogens is 1. The Kier molecular flexibility index (Phi) is 10.4. The number of aliphatic imine (C=N–C) groups is 1. The van der Waals surface area contributed by atoms with Crippen LogP contribution in [0.1, 0.15) is 37.5 Å². The third-order valence-electron chi connectivity index (χ3n) is 2.65. The number of hydrogen-bond acceptors (Lipinski definition) is 2. The molecule has 0 saturated carbocycles. The Labute approximate surface area is 131 Å². The number of thiophene rings is 1. The average molecular weight is 381 g/mol. The van der Waals surface area contributed by atoms with Crippen molar-refractivity contribution in [3.63, 3.8) is 0 Å². The maximum atomic E-state index is 4.21. The van der Waals surface area contributed by atoms with E-state index in [1.165, 1.54) is 17.7 Å². The summed E-state index contributed by atoms with van der Waals surface area (Å²) in [5.74, 6) is 1.43. The van der Waals surface area contributed by atoms with Crippen molar-refractivity contribution in [3.05, 3.63) is 22.4 Å². The minimum atomic E-state index is 0. The highest BCUT2D eigenvalue weighted by Crippen LogP contribution is 2.19. The van der Waals surface area contributed by atoms with Crippen molar-refractivity contribution >= 4 is 41.3 Å². The van der Waals surface area contributed by atoms with Crippen molar-refractivity contribution < 1.29 is 0 Å². The normalized spacial score (nSPS) is 12.7. The zero-order valence-corrected chi connectivity index (χ0v) is 14.5. The fraction of sp³-hybridized carbons (Fsp3) is 0.615. The average Bonchev–Trinajstić information content (AvgIpc) is 2.87. The van der Waals surface area contributed by atoms with E-state index in [4.69, 9.17) is 0 Å². The molecule has 0 aliphatic carbocycles. The lowest BCUT2D eigenvalue weighted by Crippen LogP contribution is -2.39. The summed E-state index contributed by atoms with van der Waals surface area (Å²) >= 11 is 1.81. The van der Waals surface area contributed by atoms with E-state index in [1.54, 1.807) is 0 Å². The van der Waals surface area contributed by atoms with Crippen molar-refractivity contribution in [3.8, 4) is 0 Å². The first-order valence-corrected chi connectivity index (χ1v) is 7.13. The van der Waals surface area contributed by atoms with Crippen LogP contribution in [0.2, 0.25) is 0 Å². The van der Waals surface area contributed by atoms with Gasteiger partial charge < -0.3 is 10.6 Å². The van der Waals surface area contributed by atoms with Crippen LogP contribution < -0.4 is 10.6 Å². The molecule has 1 aromatic heterocycles. The van der Waals surface area contributed by atoms with E-state index in [9.17, 15) is 0 Å². The quantitative estimate of drug-likeness (QED) is 0.343. The lowest BCUT2D eigenvalue weighted by Gasteiger charge is -2.14. The van der Waals surface area contributed by atoms with Crippen molar-refractivity contribution in [2.24, 2.45) is 4.99 Å². The van der Waals surface area contributed by atoms with Crippen molar-refractivity contribution in [2.45, 2.75) is 32.6 Å². The van der Waals surface area contributed by atoms with E-state index in [-0.39, 0.29) is 24.0 Å². The molecule has 1 unspecified atom stereocenters. The highest BCUT2D eigenvalue weighted by molar-refractivity contribution is 14.0. The van der Waals surface area contributed by atoms with Gasteiger partial charge in [-0.2, -0.15) is 0 Å². The fourth-order valence-corrected chi connectivity index (χ4v) is 2.31. The number of nitrogens with one attached hydrogen (secondary N) is 2. The first kappa shape index (κ1) is 17.7. The summed E-state index contributed by atoms with van der Waals surface area (Å²) in [7, 11) is 1.82. The molecule has 0 aliphatic rings. The van der Waals surface area contributed by atoms with E-state index < -0.39 is 0 Å². The van der Waals surface area contributed by atoms with Crippen LogP contribution in [0.4, 0.5) is 0 Å². The molecule has 0 saturated heterocycles. The maximum Gasteiger partial charge on any atom is 0.190 e. The third-order valence-corrected chi connectivity index (χ3v) is 3.75. The van der Waals surface area contributed by atoms with Crippen LogP contribution in [-0.4, -0.2) is 26.1 Å². The van der Waals surface area contributed by atoms with Gasteiger partial charge in [0, 0.05) is 30.9 Å².